The Morgan fingerprint density at radius 1 is 1.21 bits per heavy atom. The lowest BCUT2D eigenvalue weighted by molar-refractivity contribution is 0.0674. The molecule has 3 heterocycles. The first kappa shape index (κ1) is 15.1. The predicted molar refractivity (Wildman–Crippen MR) is 87.7 cm³/mol. The van der Waals surface area contributed by atoms with Crippen molar-refractivity contribution in [1.29, 1.82) is 0 Å². The molecule has 0 unspecified atom stereocenters. The zero-order valence-corrected chi connectivity index (χ0v) is 13.5. The summed E-state index contributed by atoms with van der Waals surface area (Å²) in [6.45, 7) is 2.29. The molecule has 2 fully saturated rings. The maximum atomic E-state index is 12.4. The summed E-state index contributed by atoms with van der Waals surface area (Å²) < 4.78 is 1.95. The molecule has 0 radical (unpaired) electrons. The van der Waals surface area contributed by atoms with Crippen LogP contribution >= 0.6 is 0 Å². The Bertz CT molecular complexity index is 784. The van der Waals surface area contributed by atoms with Crippen LogP contribution in [-0.4, -0.2) is 43.9 Å². The molecule has 1 saturated heterocycles. The zero-order chi connectivity index (χ0) is 16.5. The van der Waals surface area contributed by atoms with Gasteiger partial charge in [-0.25, -0.2) is 0 Å². The highest BCUT2D eigenvalue weighted by Gasteiger charge is 2.28. The predicted octanol–water partition coefficient (Wildman–Crippen LogP) is 1.40. The van der Waals surface area contributed by atoms with Gasteiger partial charge in [0.1, 0.15) is 5.69 Å². The van der Waals surface area contributed by atoms with Crippen LogP contribution in [0.25, 0.3) is 0 Å². The molecule has 0 atom stereocenters. The second kappa shape index (κ2) is 6.22. The van der Waals surface area contributed by atoms with Gasteiger partial charge in [0.05, 0.1) is 5.69 Å². The molecule has 0 bridgehead atoms. The van der Waals surface area contributed by atoms with Crippen LogP contribution in [-0.2, 0) is 6.54 Å². The standard InChI is InChI=1S/C17H21N5O2/c23-16-3-1-2-14(18-16)17(24)21-8-6-12(7-9-21)10-22-11-15(19-20-22)13-4-5-13/h1-3,11-13H,4-10H2,(H,18,23). The normalized spacial score (nSPS) is 18.8. The maximum absolute atomic E-state index is 12.4. The maximum Gasteiger partial charge on any atom is 0.270 e. The van der Waals surface area contributed by atoms with Crippen LogP contribution in [0.15, 0.2) is 29.2 Å². The summed E-state index contributed by atoms with van der Waals surface area (Å²) >= 11 is 0. The summed E-state index contributed by atoms with van der Waals surface area (Å²) in [6.07, 6.45) is 6.44. The molecular weight excluding hydrogens is 306 g/mol. The molecule has 2 aromatic heterocycles. The van der Waals surface area contributed by atoms with Crippen molar-refractivity contribution in [3.63, 3.8) is 0 Å². The van der Waals surface area contributed by atoms with Crippen molar-refractivity contribution in [3.8, 4) is 0 Å². The van der Waals surface area contributed by atoms with E-state index in [1.807, 2.05) is 9.58 Å². The second-order valence-electron chi connectivity index (χ2n) is 6.80. The lowest BCUT2D eigenvalue weighted by Gasteiger charge is -2.31. The molecule has 1 aliphatic heterocycles. The van der Waals surface area contributed by atoms with Crippen molar-refractivity contribution in [2.75, 3.05) is 13.1 Å². The Morgan fingerprint density at radius 2 is 2.00 bits per heavy atom. The molecule has 1 amide bonds. The van der Waals surface area contributed by atoms with E-state index in [0.29, 0.717) is 30.6 Å². The van der Waals surface area contributed by atoms with Crippen molar-refractivity contribution in [2.24, 2.45) is 5.92 Å². The largest absolute Gasteiger partial charge is 0.337 e. The van der Waals surface area contributed by atoms with E-state index < -0.39 is 0 Å². The number of likely N-dealkylation sites (tertiary alicyclic amines) is 1. The summed E-state index contributed by atoms with van der Waals surface area (Å²) in [4.78, 5) is 28.2. The van der Waals surface area contributed by atoms with Crippen LogP contribution in [0.4, 0.5) is 0 Å². The van der Waals surface area contributed by atoms with Crippen LogP contribution in [0.1, 0.15) is 47.8 Å². The number of aromatic amines is 1. The minimum absolute atomic E-state index is 0.0945. The van der Waals surface area contributed by atoms with Gasteiger partial charge in [-0.2, -0.15) is 0 Å². The number of amides is 1. The van der Waals surface area contributed by atoms with Gasteiger partial charge in [0.15, 0.2) is 0 Å². The molecular formula is C17H21N5O2. The van der Waals surface area contributed by atoms with Crippen molar-refractivity contribution < 1.29 is 4.79 Å². The molecule has 2 aliphatic rings. The van der Waals surface area contributed by atoms with Crippen LogP contribution in [0.5, 0.6) is 0 Å². The number of carbonyl (C=O) groups excluding carboxylic acids is 1. The topological polar surface area (TPSA) is 83.9 Å². The zero-order valence-electron chi connectivity index (χ0n) is 13.5. The molecule has 4 rings (SSSR count). The van der Waals surface area contributed by atoms with Crippen LogP contribution in [0.2, 0.25) is 0 Å². The van der Waals surface area contributed by atoms with E-state index in [0.717, 1.165) is 25.1 Å². The third kappa shape index (κ3) is 3.25. The lowest BCUT2D eigenvalue weighted by atomic mass is 9.96. The minimum Gasteiger partial charge on any atom is -0.337 e. The van der Waals surface area contributed by atoms with Crippen LogP contribution in [0.3, 0.4) is 0 Å². The van der Waals surface area contributed by atoms with E-state index in [1.165, 1.54) is 18.9 Å². The quantitative estimate of drug-likeness (QED) is 0.920. The number of rotatable bonds is 4. The number of hydrogen-bond acceptors (Lipinski definition) is 4. The SMILES string of the molecule is O=C(c1cccc(=O)[nH]1)N1CCC(Cn2cc(C3CC3)nn2)CC1. The van der Waals surface area contributed by atoms with Gasteiger partial charge in [0.2, 0.25) is 5.56 Å². The number of nitrogens with zero attached hydrogens (tertiary/aromatic N) is 4. The van der Waals surface area contributed by atoms with E-state index >= 15 is 0 Å². The number of H-pyrrole nitrogens is 1. The Hall–Kier alpha value is -2.44. The molecule has 2 aromatic rings. The van der Waals surface area contributed by atoms with E-state index in [-0.39, 0.29) is 11.5 Å². The van der Waals surface area contributed by atoms with Crippen LogP contribution < -0.4 is 5.56 Å². The first-order valence-electron chi connectivity index (χ1n) is 8.57. The number of carbonyl (C=O) groups is 1. The number of aromatic nitrogens is 4. The fourth-order valence-corrected chi connectivity index (χ4v) is 3.29. The highest BCUT2D eigenvalue weighted by Crippen LogP contribution is 2.38. The highest BCUT2D eigenvalue weighted by atomic mass is 16.2. The Labute approximate surface area is 139 Å². The summed E-state index contributed by atoms with van der Waals surface area (Å²) in [6, 6.07) is 4.68. The Kier molecular flexibility index (Phi) is 3.92. The summed E-state index contributed by atoms with van der Waals surface area (Å²) in [5.74, 6) is 1.05. The molecule has 126 valence electrons. The highest BCUT2D eigenvalue weighted by molar-refractivity contribution is 5.92. The lowest BCUT2D eigenvalue weighted by Crippen LogP contribution is -2.40. The van der Waals surface area contributed by atoms with Gasteiger partial charge < -0.3 is 9.88 Å². The Balaban J connectivity index is 1.32. The third-order valence-electron chi connectivity index (χ3n) is 4.90. The number of hydrogen-bond donors (Lipinski definition) is 1. The fraction of sp³-hybridized carbons (Fsp3) is 0.529. The second-order valence-corrected chi connectivity index (χ2v) is 6.80. The first-order valence-corrected chi connectivity index (χ1v) is 8.57. The molecule has 1 saturated carbocycles. The average Bonchev–Trinajstić information content (AvgIpc) is 3.35. The minimum atomic E-state index is -0.242. The van der Waals surface area contributed by atoms with E-state index in [9.17, 15) is 9.59 Å². The van der Waals surface area contributed by atoms with E-state index in [2.05, 4.69) is 21.5 Å². The first-order chi connectivity index (χ1) is 11.7. The average molecular weight is 327 g/mol. The molecule has 24 heavy (non-hydrogen) atoms. The van der Waals surface area contributed by atoms with Gasteiger partial charge in [-0.15, -0.1) is 5.10 Å². The van der Waals surface area contributed by atoms with Crippen molar-refractivity contribution in [3.05, 3.63) is 46.1 Å². The smallest absolute Gasteiger partial charge is 0.270 e. The van der Waals surface area contributed by atoms with Gasteiger partial charge in [-0.3, -0.25) is 14.3 Å². The number of nitrogens with one attached hydrogen (secondary N) is 1. The summed E-state index contributed by atoms with van der Waals surface area (Å²) in [5, 5.41) is 8.48. The van der Waals surface area contributed by atoms with Crippen molar-refractivity contribution in [1.82, 2.24) is 24.9 Å². The molecule has 0 aromatic carbocycles. The monoisotopic (exact) mass is 327 g/mol. The molecule has 1 N–H and O–H groups in total. The Morgan fingerprint density at radius 3 is 2.71 bits per heavy atom. The van der Waals surface area contributed by atoms with E-state index in [1.54, 1.807) is 12.1 Å². The van der Waals surface area contributed by atoms with Crippen molar-refractivity contribution >= 4 is 5.91 Å². The molecule has 7 nitrogen and oxygen atoms in total. The third-order valence-corrected chi connectivity index (χ3v) is 4.90. The summed E-state index contributed by atoms with van der Waals surface area (Å²) in [5.41, 5.74) is 1.25. The van der Waals surface area contributed by atoms with Gasteiger partial charge in [-0.1, -0.05) is 11.3 Å². The van der Waals surface area contributed by atoms with Gasteiger partial charge in [0, 0.05) is 37.8 Å². The fourth-order valence-electron chi connectivity index (χ4n) is 3.29. The van der Waals surface area contributed by atoms with E-state index in [4.69, 9.17) is 0 Å². The number of pyridine rings is 1. The molecule has 7 heteroatoms. The molecule has 1 aliphatic carbocycles. The molecule has 0 spiro atoms. The van der Waals surface area contributed by atoms with Crippen molar-refractivity contribution in [2.45, 2.75) is 38.1 Å². The summed E-state index contributed by atoms with van der Waals surface area (Å²) in [7, 11) is 0. The van der Waals surface area contributed by atoms with Crippen LogP contribution in [0, 0.1) is 5.92 Å². The van der Waals surface area contributed by atoms with Gasteiger partial charge in [-0.05, 0) is 37.7 Å². The van der Waals surface area contributed by atoms with Gasteiger partial charge in [0.25, 0.3) is 5.91 Å². The van der Waals surface area contributed by atoms with Gasteiger partial charge >= 0.3 is 0 Å². The number of piperidine rings is 1.